The number of aliphatic hydroxyl groups is 1. The van der Waals surface area contributed by atoms with Crippen molar-refractivity contribution in [3.63, 3.8) is 0 Å². The van der Waals surface area contributed by atoms with Gasteiger partial charge in [0.1, 0.15) is 17.6 Å². The summed E-state index contributed by atoms with van der Waals surface area (Å²) < 4.78 is 5.75. The van der Waals surface area contributed by atoms with E-state index in [-0.39, 0.29) is 54.8 Å². The number of aromatic hydroxyl groups is 1. The number of hydrogen-bond acceptors (Lipinski definition) is 13. The Morgan fingerprint density at radius 2 is 1.80 bits per heavy atom. The first-order chi connectivity index (χ1) is 29.5. The van der Waals surface area contributed by atoms with E-state index >= 15 is 0 Å². The summed E-state index contributed by atoms with van der Waals surface area (Å²) >= 11 is 1.60. The molecule has 6 aromatic rings. The van der Waals surface area contributed by atoms with Gasteiger partial charge in [-0.3, -0.25) is 9.59 Å². The molecule has 2 amide bonds. The van der Waals surface area contributed by atoms with Crippen molar-refractivity contribution in [2.24, 2.45) is 5.92 Å². The topological polar surface area (TPSA) is 198 Å². The SMILES string of the molecule is Cc1ncsc1-c1ccc([C@H](C)NC(=O)[C@@H]2C[C@@H](O)CN2C(=O)C[C@@H](c2cc(NCCNCCN3CC(c4cc5cc(-c6ccccc6O)nnc5[nH]4)C3)no2)C(C)C)cc1. The maximum absolute atomic E-state index is 13.8. The van der Waals surface area contributed by atoms with Crippen molar-refractivity contribution >= 4 is 40.0 Å². The number of fused-ring (bicyclic) bond motifs is 1. The maximum Gasteiger partial charge on any atom is 0.243 e. The summed E-state index contributed by atoms with van der Waals surface area (Å²) in [5, 5.41) is 44.6. The normalized spacial score (nSPS) is 18.1. The number of aryl methyl sites for hydroxylation is 1. The molecular formula is C45H54N10O5S. The summed E-state index contributed by atoms with van der Waals surface area (Å²) in [6.45, 7) is 13.2. The quantitative estimate of drug-likeness (QED) is 0.0603. The van der Waals surface area contributed by atoms with E-state index in [1.807, 2.05) is 81.7 Å². The zero-order valence-corrected chi connectivity index (χ0v) is 35.8. The van der Waals surface area contributed by atoms with E-state index in [4.69, 9.17) is 4.52 Å². The van der Waals surface area contributed by atoms with Crippen molar-refractivity contribution in [3.8, 4) is 27.4 Å². The monoisotopic (exact) mass is 846 g/mol. The number of benzene rings is 2. The van der Waals surface area contributed by atoms with Crippen molar-refractivity contribution in [2.45, 2.75) is 70.6 Å². The van der Waals surface area contributed by atoms with Crippen LogP contribution in [0.25, 0.3) is 32.7 Å². The number of β-amino-alcohol motifs (C(OH)–C–C–N with tert-alkyl or cyclic N) is 1. The van der Waals surface area contributed by atoms with E-state index in [0.717, 1.165) is 71.1 Å². The van der Waals surface area contributed by atoms with Crippen LogP contribution in [-0.2, 0) is 9.59 Å². The van der Waals surface area contributed by atoms with Crippen LogP contribution in [0.15, 0.2) is 76.8 Å². The summed E-state index contributed by atoms with van der Waals surface area (Å²) in [4.78, 5) is 40.2. The van der Waals surface area contributed by atoms with Gasteiger partial charge in [0.15, 0.2) is 11.5 Å². The van der Waals surface area contributed by atoms with E-state index in [0.29, 0.717) is 35.3 Å². The number of aromatic nitrogens is 5. The van der Waals surface area contributed by atoms with Crippen LogP contribution in [0, 0.1) is 12.8 Å². The van der Waals surface area contributed by atoms with Crippen molar-refractivity contribution in [1.29, 1.82) is 0 Å². The van der Waals surface area contributed by atoms with Gasteiger partial charge in [0.05, 0.1) is 33.9 Å². The van der Waals surface area contributed by atoms with Crippen LogP contribution < -0.4 is 16.0 Å². The van der Waals surface area contributed by atoms with Crippen molar-refractivity contribution < 1.29 is 24.3 Å². The number of likely N-dealkylation sites (tertiary alicyclic amines) is 2. The number of thiazole rings is 1. The van der Waals surface area contributed by atoms with Crippen LogP contribution in [0.3, 0.4) is 0 Å². The van der Waals surface area contributed by atoms with E-state index in [1.54, 1.807) is 23.5 Å². The Morgan fingerprint density at radius 3 is 2.56 bits per heavy atom. The van der Waals surface area contributed by atoms with Gasteiger partial charge >= 0.3 is 0 Å². The highest BCUT2D eigenvalue weighted by molar-refractivity contribution is 7.13. The zero-order chi connectivity index (χ0) is 42.6. The molecule has 2 fully saturated rings. The van der Waals surface area contributed by atoms with Gasteiger partial charge in [-0.05, 0) is 55.2 Å². The predicted octanol–water partition coefficient (Wildman–Crippen LogP) is 5.82. The molecule has 0 radical (unpaired) electrons. The number of rotatable bonds is 17. The molecule has 6 N–H and O–H groups in total. The molecule has 61 heavy (non-hydrogen) atoms. The number of hydrogen-bond donors (Lipinski definition) is 6. The Morgan fingerprint density at radius 1 is 1.00 bits per heavy atom. The first-order valence-corrected chi connectivity index (χ1v) is 21.9. The fourth-order valence-electron chi connectivity index (χ4n) is 8.34. The van der Waals surface area contributed by atoms with Gasteiger partial charge < -0.3 is 45.5 Å². The molecule has 2 saturated heterocycles. The van der Waals surface area contributed by atoms with E-state index < -0.39 is 12.1 Å². The fourth-order valence-corrected chi connectivity index (χ4v) is 9.15. The first-order valence-electron chi connectivity index (χ1n) is 21.1. The molecule has 0 bridgehead atoms. The van der Waals surface area contributed by atoms with Crippen molar-refractivity contribution in [2.75, 3.05) is 51.1 Å². The maximum atomic E-state index is 13.8. The lowest BCUT2D eigenvalue weighted by Gasteiger charge is -2.38. The third kappa shape index (κ3) is 9.62. The molecule has 8 rings (SSSR count). The lowest BCUT2D eigenvalue weighted by atomic mass is 9.89. The second kappa shape index (κ2) is 18.5. The molecule has 4 aromatic heterocycles. The van der Waals surface area contributed by atoms with Crippen LogP contribution in [0.1, 0.15) is 74.2 Å². The van der Waals surface area contributed by atoms with Crippen LogP contribution >= 0.6 is 11.3 Å². The molecule has 0 unspecified atom stereocenters. The average Bonchev–Trinajstić information content (AvgIpc) is 4.05. The fraction of sp³-hybridized carbons (Fsp3) is 0.422. The van der Waals surface area contributed by atoms with Crippen molar-refractivity contribution in [1.82, 2.24) is 45.8 Å². The second-order valence-corrected chi connectivity index (χ2v) is 17.5. The number of H-pyrrole nitrogens is 1. The summed E-state index contributed by atoms with van der Waals surface area (Å²) in [6, 6.07) is 20.1. The van der Waals surface area contributed by atoms with E-state index in [2.05, 4.69) is 52.2 Å². The summed E-state index contributed by atoms with van der Waals surface area (Å²) in [6.07, 6.45) is -0.458. The van der Waals surface area contributed by atoms with Gasteiger partial charge in [-0.25, -0.2) is 4.98 Å². The van der Waals surface area contributed by atoms with Crippen molar-refractivity contribution in [3.05, 3.63) is 95.0 Å². The summed E-state index contributed by atoms with van der Waals surface area (Å²) in [7, 11) is 0. The number of carbonyl (C=O) groups is 2. The highest BCUT2D eigenvalue weighted by atomic mass is 32.1. The Bertz CT molecular complexity index is 2440. The van der Waals surface area contributed by atoms with Gasteiger partial charge in [-0.15, -0.1) is 21.5 Å². The number of para-hydroxylation sites is 1. The number of aliphatic hydroxyl groups excluding tert-OH is 1. The van der Waals surface area contributed by atoms with Gasteiger partial charge in [0.2, 0.25) is 11.8 Å². The molecule has 320 valence electrons. The Kier molecular flexibility index (Phi) is 12.8. The minimum Gasteiger partial charge on any atom is -0.507 e. The minimum absolute atomic E-state index is 0.0664. The number of nitrogens with one attached hydrogen (secondary N) is 4. The molecule has 4 atom stereocenters. The molecule has 2 aromatic carbocycles. The first kappa shape index (κ1) is 42.0. The number of carbonyl (C=O) groups excluding carboxylic acids is 2. The minimum atomic E-state index is -0.777. The molecule has 15 nitrogen and oxygen atoms in total. The largest absolute Gasteiger partial charge is 0.507 e. The van der Waals surface area contributed by atoms with Crippen LogP contribution in [0.5, 0.6) is 5.75 Å². The lowest BCUT2D eigenvalue weighted by molar-refractivity contribution is -0.139. The number of phenolic OH excluding ortho intramolecular Hbond substituents is 1. The van der Waals surface area contributed by atoms with Gasteiger partial charge in [-0.2, -0.15) is 0 Å². The van der Waals surface area contributed by atoms with Gasteiger partial charge in [0, 0.05) is 93.2 Å². The molecule has 0 saturated carbocycles. The van der Waals surface area contributed by atoms with Crippen LogP contribution in [-0.4, -0.2) is 115 Å². The van der Waals surface area contributed by atoms with E-state index in [9.17, 15) is 19.8 Å². The highest BCUT2D eigenvalue weighted by Gasteiger charge is 2.40. The predicted molar refractivity (Wildman–Crippen MR) is 235 cm³/mol. The second-order valence-electron chi connectivity index (χ2n) is 16.6. The summed E-state index contributed by atoms with van der Waals surface area (Å²) in [5.41, 5.74) is 8.06. The Labute approximate surface area is 359 Å². The third-order valence-electron chi connectivity index (χ3n) is 12.0. The third-order valence-corrected chi connectivity index (χ3v) is 12.9. The van der Waals surface area contributed by atoms with E-state index in [1.165, 1.54) is 4.90 Å². The number of aromatic amines is 1. The van der Waals surface area contributed by atoms with Gasteiger partial charge in [-0.1, -0.05) is 55.4 Å². The van der Waals surface area contributed by atoms with Gasteiger partial charge in [0.25, 0.3) is 0 Å². The average molecular weight is 847 g/mol. The zero-order valence-electron chi connectivity index (χ0n) is 35.0. The Hall–Kier alpha value is -5.68. The number of amides is 2. The summed E-state index contributed by atoms with van der Waals surface area (Å²) in [5.74, 6) is 1.13. The highest BCUT2D eigenvalue weighted by Crippen LogP contribution is 2.34. The number of nitrogens with zero attached hydrogens (tertiary/aromatic N) is 6. The molecule has 2 aliphatic heterocycles. The molecule has 2 aliphatic rings. The number of anilines is 1. The molecular weight excluding hydrogens is 793 g/mol. The molecule has 0 spiro atoms. The standard InChI is InChI=1S/C45H54N10O5S/c1-26(2)35(20-42(58)55-24-33(56)19-38(55)45(59)49-27(3)29-9-11-30(12-10-29)43-28(4)48-25-61-43)40-21-41(53-60-40)47-14-13-46-15-16-54-22-32(23-54)36-17-31-18-37(51-52-44(31)50-36)34-7-5-6-8-39(34)57/h5-12,17-18,21,25-27,32-33,35,38,46,56-57H,13-16,19-20,22-24H2,1-4H3,(H,47,53)(H,49,59)(H,50,52)/t27-,33+,35+,38-/m0/s1. The molecule has 0 aliphatic carbocycles. The molecule has 6 heterocycles. The smallest absolute Gasteiger partial charge is 0.243 e. The van der Waals surface area contributed by atoms with Crippen LogP contribution in [0.4, 0.5) is 5.82 Å². The molecule has 16 heteroatoms. The van der Waals surface area contributed by atoms with Crippen LogP contribution in [0.2, 0.25) is 0 Å². The lowest BCUT2D eigenvalue weighted by Crippen LogP contribution is -2.47. The number of phenols is 1. The Balaban J connectivity index is 0.759.